The van der Waals surface area contributed by atoms with Crippen LogP contribution in [0.5, 0.6) is 0 Å². The first-order chi connectivity index (χ1) is 12.9. The second kappa shape index (κ2) is 11.2. The highest BCUT2D eigenvalue weighted by molar-refractivity contribution is 7.69. The number of rotatable bonds is 13. The standard InChI is InChI=1S/C15H30N4O6P2/c1-7-19(8-2)14-13(26(20,22-9-3)23-10-4)15(17-18-16-14)27(21,24-11-5)25-12-6/h7-12H2,1-6H3. The number of aromatic nitrogens is 3. The van der Waals surface area contributed by atoms with Gasteiger partial charge in [0.05, 0.1) is 26.4 Å². The summed E-state index contributed by atoms with van der Waals surface area (Å²) < 4.78 is 48.8. The third-order valence-corrected chi connectivity index (χ3v) is 7.86. The molecule has 12 heteroatoms. The second-order valence-electron chi connectivity index (χ2n) is 5.12. The Morgan fingerprint density at radius 1 is 0.741 bits per heavy atom. The molecular weight excluding hydrogens is 394 g/mol. The fourth-order valence-corrected chi connectivity index (χ4v) is 6.45. The Hall–Kier alpha value is -0.890. The lowest BCUT2D eigenvalue weighted by molar-refractivity contribution is 0.225. The van der Waals surface area contributed by atoms with Gasteiger partial charge in [0.1, 0.15) is 5.30 Å². The van der Waals surface area contributed by atoms with Gasteiger partial charge in [-0.1, -0.05) is 0 Å². The molecule has 0 aliphatic carbocycles. The summed E-state index contributed by atoms with van der Waals surface area (Å²) in [6.45, 7) is 12.1. The van der Waals surface area contributed by atoms with Gasteiger partial charge in [0.15, 0.2) is 11.3 Å². The van der Waals surface area contributed by atoms with E-state index >= 15 is 0 Å². The molecule has 0 fully saturated rings. The van der Waals surface area contributed by atoms with Crippen LogP contribution >= 0.6 is 15.2 Å². The summed E-state index contributed by atoms with van der Waals surface area (Å²) in [5, 5.41) is 11.6. The van der Waals surface area contributed by atoms with Crippen molar-refractivity contribution in [2.45, 2.75) is 41.5 Å². The van der Waals surface area contributed by atoms with Crippen LogP contribution < -0.4 is 15.6 Å². The molecule has 0 aliphatic rings. The van der Waals surface area contributed by atoms with Gasteiger partial charge in [-0.2, -0.15) is 0 Å². The molecule has 0 radical (unpaired) electrons. The van der Waals surface area contributed by atoms with Gasteiger partial charge in [-0.15, -0.1) is 10.2 Å². The maximum Gasteiger partial charge on any atom is 0.382 e. The van der Waals surface area contributed by atoms with Crippen molar-refractivity contribution in [1.29, 1.82) is 0 Å². The molecule has 0 bridgehead atoms. The topological polar surface area (TPSA) is 113 Å². The van der Waals surface area contributed by atoms with E-state index in [9.17, 15) is 9.13 Å². The van der Waals surface area contributed by atoms with E-state index in [1.807, 2.05) is 13.8 Å². The van der Waals surface area contributed by atoms with Crippen molar-refractivity contribution in [3.05, 3.63) is 0 Å². The van der Waals surface area contributed by atoms with E-state index in [1.54, 1.807) is 32.6 Å². The van der Waals surface area contributed by atoms with E-state index in [1.165, 1.54) is 0 Å². The molecule has 0 N–H and O–H groups in total. The van der Waals surface area contributed by atoms with Crippen LogP contribution in [-0.2, 0) is 27.2 Å². The highest BCUT2D eigenvalue weighted by Crippen LogP contribution is 2.53. The number of nitrogens with zero attached hydrogens (tertiary/aromatic N) is 4. The third kappa shape index (κ3) is 5.56. The Morgan fingerprint density at radius 3 is 1.59 bits per heavy atom. The smallest absolute Gasteiger partial charge is 0.355 e. The van der Waals surface area contributed by atoms with Crippen molar-refractivity contribution < 1.29 is 27.2 Å². The zero-order valence-electron chi connectivity index (χ0n) is 16.9. The van der Waals surface area contributed by atoms with Crippen LogP contribution in [0.2, 0.25) is 0 Å². The Kier molecular flexibility index (Phi) is 10.0. The van der Waals surface area contributed by atoms with Gasteiger partial charge >= 0.3 is 15.2 Å². The van der Waals surface area contributed by atoms with Gasteiger partial charge in [-0.05, 0) is 46.8 Å². The molecule has 0 aliphatic heterocycles. The average Bonchev–Trinajstić information content (AvgIpc) is 2.63. The quantitative estimate of drug-likeness (QED) is 0.438. The molecule has 1 heterocycles. The van der Waals surface area contributed by atoms with Crippen LogP contribution in [0.4, 0.5) is 5.82 Å². The summed E-state index contributed by atoms with van der Waals surface area (Å²) in [5.41, 5.74) is -0.187. The van der Waals surface area contributed by atoms with Crippen LogP contribution in [0.25, 0.3) is 0 Å². The molecule has 1 aromatic rings. The maximum atomic E-state index is 13.6. The Bertz CT molecular complexity index is 666. The minimum Gasteiger partial charge on any atom is -0.355 e. The molecule has 27 heavy (non-hydrogen) atoms. The van der Waals surface area contributed by atoms with Gasteiger partial charge in [0.2, 0.25) is 0 Å². The lowest BCUT2D eigenvalue weighted by Crippen LogP contribution is -2.39. The first-order valence-electron chi connectivity index (χ1n) is 9.14. The van der Waals surface area contributed by atoms with Gasteiger partial charge in [0.25, 0.3) is 0 Å². The van der Waals surface area contributed by atoms with E-state index in [0.717, 1.165) is 0 Å². The minimum atomic E-state index is -3.91. The molecular formula is C15H30N4O6P2. The normalized spacial score (nSPS) is 12.4. The van der Waals surface area contributed by atoms with E-state index in [-0.39, 0.29) is 43.0 Å². The van der Waals surface area contributed by atoms with Crippen LogP contribution in [0.15, 0.2) is 0 Å². The minimum absolute atomic E-state index is 0.0184. The van der Waals surface area contributed by atoms with E-state index in [0.29, 0.717) is 13.1 Å². The fourth-order valence-electron chi connectivity index (χ4n) is 2.47. The zero-order valence-corrected chi connectivity index (χ0v) is 18.7. The third-order valence-electron chi connectivity index (χ3n) is 3.49. The van der Waals surface area contributed by atoms with Crippen LogP contribution in [0, 0.1) is 0 Å². The van der Waals surface area contributed by atoms with Crippen molar-refractivity contribution in [3.63, 3.8) is 0 Å². The SMILES string of the molecule is CCOP(=O)(OCC)c1nnnc(N(CC)CC)c1P(=O)(OCC)OCC. The maximum absolute atomic E-state index is 13.6. The molecule has 0 unspecified atom stereocenters. The summed E-state index contributed by atoms with van der Waals surface area (Å²) in [4.78, 5) is 1.81. The van der Waals surface area contributed by atoms with Gasteiger partial charge < -0.3 is 23.0 Å². The largest absolute Gasteiger partial charge is 0.382 e. The van der Waals surface area contributed by atoms with E-state index in [2.05, 4.69) is 15.4 Å². The summed E-state index contributed by atoms with van der Waals surface area (Å²) in [6, 6.07) is 0. The molecule has 1 rings (SSSR count). The lowest BCUT2D eigenvalue weighted by Gasteiger charge is -2.27. The highest BCUT2D eigenvalue weighted by Gasteiger charge is 2.44. The predicted molar refractivity (Wildman–Crippen MR) is 104 cm³/mol. The lowest BCUT2D eigenvalue weighted by atomic mass is 10.4. The number of anilines is 1. The van der Waals surface area contributed by atoms with Gasteiger partial charge in [-0.25, -0.2) is 0 Å². The Morgan fingerprint density at radius 2 is 1.19 bits per heavy atom. The van der Waals surface area contributed by atoms with E-state index in [4.69, 9.17) is 18.1 Å². The summed E-state index contributed by atoms with van der Waals surface area (Å²) in [6.07, 6.45) is 0. The number of hydrogen-bond acceptors (Lipinski definition) is 10. The molecule has 0 amide bonds. The molecule has 0 saturated heterocycles. The Balaban J connectivity index is 3.86. The fraction of sp³-hybridized carbons (Fsp3) is 0.800. The average molecular weight is 424 g/mol. The zero-order chi connectivity index (χ0) is 20.5. The van der Waals surface area contributed by atoms with Gasteiger partial charge in [0, 0.05) is 13.1 Å². The Labute approximate surface area is 161 Å². The first-order valence-corrected chi connectivity index (χ1v) is 12.2. The first kappa shape index (κ1) is 24.1. The van der Waals surface area contributed by atoms with Crippen LogP contribution in [0.3, 0.4) is 0 Å². The van der Waals surface area contributed by atoms with E-state index < -0.39 is 15.2 Å². The second-order valence-corrected chi connectivity index (χ2v) is 9.02. The van der Waals surface area contributed by atoms with Crippen LogP contribution in [-0.4, -0.2) is 54.9 Å². The molecule has 0 spiro atoms. The monoisotopic (exact) mass is 424 g/mol. The molecule has 1 aromatic heterocycles. The summed E-state index contributed by atoms with van der Waals surface area (Å²) in [5.74, 6) is 0.231. The molecule has 0 saturated carbocycles. The molecule has 0 atom stereocenters. The van der Waals surface area contributed by atoms with Crippen LogP contribution in [0.1, 0.15) is 41.5 Å². The highest BCUT2D eigenvalue weighted by atomic mass is 31.2. The summed E-state index contributed by atoms with van der Waals surface area (Å²) >= 11 is 0. The van der Waals surface area contributed by atoms with Crippen molar-refractivity contribution in [2.75, 3.05) is 44.4 Å². The van der Waals surface area contributed by atoms with Gasteiger partial charge in [-0.3, -0.25) is 9.13 Å². The van der Waals surface area contributed by atoms with Crippen molar-refractivity contribution in [2.24, 2.45) is 0 Å². The summed E-state index contributed by atoms with van der Waals surface area (Å²) in [7, 11) is -7.82. The molecule has 156 valence electrons. The number of hydrogen-bond donors (Lipinski definition) is 0. The van der Waals surface area contributed by atoms with Crippen molar-refractivity contribution >= 4 is 31.7 Å². The molecule has 10 nitrogen and oxygen atoms in total. The van der Waals surface area contributed by atoms with Crippen molar-refractivity contribution in [1.82, 2.24) is 15.4 Å². The predicted octanol–water partition coefficient (Wildman–Crippen LogP) is 2.50. The van der Waals surface area contributed by atoms with Crippen molar-refractivity contribution in [3.8, 4) is 0 Å². The molecule has 0 aromatic carbocycles.